The molecule has 0 bridgehead atoms. The standard InChI is InChI=1S/C17H30N4O/c1-6-14(4)21(5)12-11-19-17(18)20-15-7-9-16(10-8-15)22-13(2)3/h7-10,13-14H,6,11-12H2,1-5H3,(H3,18,19,20). The lowest BCUT2D eigenvalue weighted by Gasteiger charge is -2.22. The Hall–Kier alpha value is -1.75. The number of hydrogen-bond acceptors (Lipinski definition) is 3. The highest BCUT2D eigenvalue weighted by atomic mass is 16.5. The lowest BCUT2D eigenvalue weighted by molar-refractivity contribution is 0.242. The highest BCUT2D eigenvalue weighted by Crippen LogP contribution is 2.16. The van der Waals surface area contributed by atoms with E-state index in [0.29, 0.717) is 18.5 Å². The van der Waals surface area contributed by atoms with Crippen LogP contribution < -0.4 is 15.8 Å². The van der Waals surface area contributed by atoms with Crippen LogP contribution in [0.15, 0.2) is 29.3 Å². The van der Waals surface area contributed by atoms with Crippen LogP contribution in [0.4, 0.5) is 5.69 Å². The smallest absolute Gasteiger partial charge is 0.193 e. The normalized spacial score (nSPS) is 13.5. The predicted molar refractivity (Wildman–Crippen MR) is 94.7 cm³/mol. The quantitative estimate of drug-likeness (QED) is 0.572. The molecule has 1 aromatic carbocycles. The minimum Gasteiger partial charge on any atom is -0.491 e. The summed E-state index contributed by atoms with van der Waals surface area (Å²) in [6.45, 7) is 10.0. The Morgan fingerprint density at radius 1 is 1.27 bits per heavy atom. The van der Waals surface area contributed by atoms with Crippen molar-refractivity contribution in [2.45, 2.75) is 46.3 Å². The number of nitrogens with one attached hydrogen (secondary N) is 1. The molecule has 1 unspecified atom stereocenters. The number of ether oxygens (including phenoxy) is 1. The molecule has 0 radical (unpaired) electrons. The molecule has 5 nitrogen and oxygen atoms in total. The molecular weight excluding hydrogens is 276 g/mol. The zero-order valence-electron chi connectivity index (χ0n) is 14.5. The fraction of sp³-hybridized carbons (Fsp3) is 0.588. The second-order valence-corrected chi connectivity index (χ2v) is 5.82. The molecule has 1 rings (SSSR count). The van der Waals surface area contributed by atoms with Gasteiger partial charge in [-0.15, -0.1) is 0 Å². The lowest BCUT2D eigenvalue weighted by Crippen LogP contribution is -2.31. The van der Waals surface area contributed by atoms with E-state index in [9.17, 15) is 0 Å². The molecule has 0 saturated carbocycles. The van der Waals surface area contributed by atoms with Crippen LogP contribution in [-0.4, -0.2) is 43.1 Å². The molecular formula is C17H30N4O. The van der Waals surface area contributed by atoms with Crippen LogP contribution >= 0.6 is 0 Å². The average molecular weight is 306 g/mol. The van der Waals surface area contributed by atoms with Crippen molar-refractivity contribution >= 4 is 11.6 Å². The Bertz CT molecular complexity index is 456. The van der Waals surface area contributed by atoms with Crippen LogP contribution in [0.25, 0.3) is 0 Å². The first-order valence-electron chi connectivity index (χ1n) is 7.96. The molecule has 0 spiro atoms. The van der Waals surface area contributed by atoms with Gasteiger partial charge in [0.15, 0.2) is 5.96 Å². The Kier molecular flexibility index (Phi) is 7.74. The Balaban J connectivity index is 2.43. The van der Waals surface area contributed by atoms with Gasteiger partial charge in [0.25, 0.3) is 0 Å². The number of nitrogens with zero attached hydrogens (tertiary/aromatic N) is 2. The fourth-order valence-electron chi connectivity index (χ4n) is 1.94. The van der Waals surface area contributed by atoms with Crippen LogP contribution in [0.1, 0.15) is 34.1 Å². The third-order valence-electron chi connectivity index (χ3n) is 3.58. The van der Waals surface area contributed by atoms with Gasteiger partial charge in [0.1, 0.15) is 5.75 Å². The molecule has 1 atom stereocenters. The van der Waals surface area contributed by atoms with E-state index in [4.69, 9.17) is 10.5 Å². The maximum absolute atomic E-state index is 5.91. The molecule has 22 heavy (non-hydrogen) atoms. The molecule has 0 aliphatic heterocycles. The SMILES string of the molecule is CCC(C)N(C)CCN=C(N)Nc1ccc(OC(C)C)cc1. The minimum atomic E-state index is 0.174. The van der Waals surface area contributed by atoms with E-state index >= 15 is 0 Å². The van der Waals surface area contributed by atoms with Crippen molar-refractivity contribution in [2.24, 2.45) is 10.7 Å². The number of anilines is 1. The summed E-state index contributed by atoms with van der Waals surface area (Å²) in [4.78, 5) is 6.64. The van der Waals surface area contributed by atoms with Crippen LogP contribution in [-0.2, 0) is 0 Å². The topological polar surface area (TPSA) is 62.9 Å². The lowest BCUT2D eigenvalue weighted by atomic mass is 10.2. The van der Waals surface area contributed by atoms with Crippen molar-refractivity contribution in [1.82, 2.24) is 4.90 Å². The summed E-state index contributed by atoms with van der Waals surface area (Å²) in [5, 5.41) is 3.09. The van der Waals surface area contributed by atoms with Crippen LogP contribution in [0.5, 0.6) is 5.75 Å². The van der Waals surface area contributed by atoms with Crippen LogP contribution in [0, 0.1) is 0 Å². The van der Waals surface area contributed by atoms with Gasteiger partial charge in [-0.25, -0.2) is 0 Å². The van der Waals surface area contributed by atoms with Gasteiger partial charge in [-0.1, -0.05) is 6.92 Å². The van der Waals surface area contributed by atoms with Gasteiger partial charge in [-0.2, -0.15) is 0 Å². The van der Waals surface area contributed by atoms with E-state index < -0.39 is 0 Å². The number of nitrogens with two attached hydrogens (primary N) is 1. The molecule has 124 valence electrons. The van der Waals surface area contributed by atoms with Crippen LogP contribution in [0.3, 0.4) is 0 Å². The van der Waals surface area contributed by atoms with E-state index in [1.807, 2.05) is 38.1 Å². The number of likely N-dealkylation sites (N-methyl/N-ethyl adjacent to an activating group) is 1. The Morgan fingerprint density at radius 2 is 1.91 bits per heavy atom. The minimum absolute atomic E-state index is 0.174. The summed E-state index contributed by atoms with van der Waals surface area (Å²) in [5.74, 6) is 1.29. The van der Waals surface area contributed by atoms with Gasteiger partial charge in [-0.05, 0) is 58.5 Å². The van der Waals surface area contributed by atoms with Crippen molar-refractivity contribution < 1.29 is 4.74 Å². The number of benzene rings is 1. The summed E-state index contributed by atoms with van der Waals surface area (Å²) in [5.41, 5.74) is 6.82. The highest BCUT2D eigenvalue weighted by molar-refractivity contribution is 5.92. The van der Waals surface area contributed by atoms with E-state index in [0.717, 1.165) is 24.4 Å². The van der Waals surface area contributed by atoms with Crippen LogP contribution in [0.2, 0.25) is 0 Å². The largest absolute Gasteiger partial charge is 0.491 e. The summed E-state index contributed by atoms with van der Waals surface area (Å²) in [7, 11) is 2.11. The summed E-state index contributed by atoms with van der Waals surface area (Å²) >= 11 is 0. The molecule has 0 aliphatic carbocycles. The number of hydrogen-bond donors (Lipinski definition) is 2. The van der Waals surface area contributed by atoms with Gasteiger partial charge in [0.2, 0.25) is 0 Å². The number of guanidine groups is 1. The molecule has 3 N–H and O–H groups in total. The second-order valence-electron chi connectivity index (χ2n) is 5.82. The molecule has 0 aromatic heterocycles. The predicted octanol–water partition coefficient (Wildman–Crippen LogP) is 2.93. The van der Waals surface area contributed by atoms with Crippen molar-refractivity contribution in [3.63, 3.8) is 0 Å². The number of rotatable bonds is 8. The highest BCUT2D eigenvalue weighted by Gasteiger charge is 2.05. The van der Waals surface area contributed by atoms with E-state index in [-0.39, 0.29) is 6.10 Å². The van der Waals surface area contributed by atoms with Gasteiger partial charge in [0, 0.05) is 18.3 Å². The molecule has 0 fully saturated rings. The summed E-state index contributed by atoms with van der Waals surface area (Å²) in [6.07, 6.45) is 1.31. The fourth-order valence-corrected chi connectivity index (χ4v) is 1.94. The van der Waals surface area contributed by atoms with Gasteiger partial charge in [-0.3, -0.25) is 4.99 Å². The second kappa shape index (κ2) is 9.30. The Labute approximate surface area is 134 Å². The Morgan fingerprint density at radius 3 is 2.45 bits per heavy atom. The van der Waals surface area contributed by atoms with E-state index in [1.165, 1.54) is 0 Å². The third-order valence-corrected chi connectivity index (χ3v) is 3.58. The van der Waals surface area contributed by atoms with Crippen molar-refractivity contribution in [2.75, 3.05) is 25.5 Å². The monoisotopic (exact) mass is 306 g/mol. The van der Waals surface area contributed by atoms with Gasteiger partial charge in [0.05, 0.1) is 12.6 Å². The summed E-state index contributed by atoms with van der Waals surface area (Å²) in [6, 6.07) is 8.29. The van der Waals surface area contributed by atoms with Crippen molar-refractivity contribution in [1.29, 1.82) is 0 Å². The third kappa shape index (κ3) is 6.80. The van der Waals surface area contributed by atoms with Crippen molar-refractivity contribution in [3.05, 3.63) is 24.3 Å². The molecule has 0 saturated heterocycles. The molecule has 0 amide bonds. The molecule has 1 aromatic rings. The number of aliphatic imine (C=N–C) groups is 1. The maximum Gasteiger partial charge on any atom is 0.193 e. The van der Waals surface area contributed by atoms with Crippen molar-refractivity contribution in [3.8, 4) is 5.75 Å². The van der Waals surface area contributed by atoms with E-state index in [2.05, 4.69) is 36.1 Å². The first-order chi connectivity index (χ1) is 10.4. The maximum atomic E-state index is 5.91. The van der Waals surface area contributed by atoms with Gasteiger partial charge >= 0.3 is 0 Å². The first kappa shape index (κ1) is 18.3. The molecule has 0 aliphatic rings. The zero-order valence-corrected chi connectivity index (χ0v) is 14.5. The van der Waals surface area contributed by atoms with Gasteiger partial charge < -0.3 is 20.7 Å². The first-order valence-corrected chi connectivity index (χ1v) is 7.96. The average Bonchev–Trinajstić information content (AvgIpc) is 2.47. The zero-order chi connectivity index (χ0) is 16.5. The summed E-state index contributed by atoms with van der Waals surface area (Å²) < 4.78 is 5.60. The molecule has 0 heterocycles. The van der Waals surface area contributed by atoms with E-state index in [1.54, 1.807) is 0 Å². The molecule has 5 heteroatoms.